The molecular weight excluding hydrogens is 479 g/mol. The van der Waals surface area contributed by atoms with Gasteiger partial charge in [-0.05, 0) is 42.5 Å². The number of nitrogens with zero attached hydrogens (tertiary/aromatic N) is 2. The minimum atomic E-state index is -4.41. The number of carbonyl (C=O) groups excluding carboxylic acids is 1. The molecule has 8 nitrogen and oxygen atoms in total. The summed E-state index contributed by atoms with van der Waals surface area (Å²) in [5.74, 6) is 0.320. The van der Waals surface area contributed by atoms with Crippen LogP contribution in [0.25, 0.3) is 0 Å². The lowest BCUT2D eigenvalue weighted by atomic mass is 10.0. The number of nitrogens with one attached hydrogen (secondary N) is 1. The Balaban J connectivity index is 1.39. The summed E-state index contributed by atoms with van der Waals surface area (Å²) in [6.07, 6.45) is -6.75. The maximum Gasteiger partial charge on any atom is 0.416 e. The molecule has 0 unspecified atom stereocenters. The first kappa shape index (κ1) is 26.2. The first-order valence-electron chi connectivity index (χ1n) is 11.7. The maximum absolute atomic E-state index is 13.1. The van der Waals surface area contributed by atoms with Gasteiger partial charge in [-0.25, -0.2) is 0 Å². The zero-order chi connectivity index (χ0) is 25.9. The Bertz CT molecular complexity index is 1030. The third-order valence-corrected chi connectivity index (χ3v) is 6.73. The van der Waals surface area contributed by atoms with E-state index in [1.807, 2.05) is 9.80 Å². The first-order valence-corrected chi connectivity index (χ1v) is 11.7. The number of methoxy groups -OCH3 is 1. The van der Waals surface area contributed by atoms with Crippen LogP contribution < -0.4 is 15.0 Å². The lowest BCUT2D eigenvalue weighted by Crippen LogP contribution is -2.57. The molecule has 0 saturated carbocycles. The van der Waals surface area contributed by atoms with E-state index in [-0.39, 0.29) is 19.1 Å². The van der Waals surface area contributed by atoms with Crippen LogP contribution in [0, 0.1) is 0 Å². The lowest BCUT2D eigenvalue weighted by Gasteiger charge is -2.41. The topological polar surface area (TPSA) is 94.5 Å². The van der Waals surface area contributed by atoms with Gasteiger partial charge in [0.2, 0.25) is 0 Å². The van der Waals surface area contributed by atoms with E-state index >= 15 is 0 Å². The van der Waals surface area contributed by atoms with E-state index in [1.165, 1.54) is 13.2 Å². The Kier molecular flexibility index (Phi) is 8.04. The Morgan fingerprint density at radius 1 is 1.11 bits per heavy atom. The van der Waals surface area contributed by atoms with E-state index in [4.69, 9.17) is 9.47 Å². The number of benzene rings is 2. The number of halogens is 3. The number of rotatable bonds is 7. The second-order valence-corrected chi connectivity index (χ2v) is 8.89. The van der Waals surface area contributed by atoms with Crippen molar-refractivity contribution in [3.63, 3.8) is 0 Å². The molecule has 2 saturated heterocycles. The molecule has 2 aromatic carbocycles. The molecule has 0 bridgehead atoms. The van der Waals surface area contributed by atoms with Gasteiger partial charge >= 0.3 is 6.18 Å². The maximum atomic E-state index is 13.1. The highest BCUT2D eigenvalue weighted by atomic mass is 19.4. The highest BCUT2D eigenvalue weighted by Crippen LogP contribution is 2.32. The molecule has 2 fully saturated rings. The summed E-state index contributed by atoms with van der Waals surface area (Å²) >= 11 is 0. The fourth-order valence-electron chi connectivity index (χ4n) is 4.79. The highest BCUT2D eigenvalue weighted by molar-refractivity contribution is 5.94. The number of hydrogen-bond donors (Lipinski definition) is 3. The molecule has 2 aliphatic rings. The van der Waals surface area contributed by atoms with Crippen molar-refractivity contribution in [2.24, 2.45) is 0 Å². The summed E-state index contributed by atoms with van der Waals surface area (Å²) in [5.41, 5.74) is 0.240. The SMILES string of the molecule is COc1ccc(C(=O)NC[C@H]2O[C@@H](CO)[C@@H](O)[C@H]2N2CCN(c3cccc(C(F)(F)F)c3)CC2)cc1. The van der Waals surface area contributed by atoms with Crippen LogP contribution in [-0.2, 0) is 10.9 Å². The van der Waals surface area contributed by atoms with Gasteiger partial charge < -0.3 is 29.9 Å². The zero-order valence-electron chi connectivity index (χ0n) is 19.8. The Hall–Kier alpha value is -2.86. The monoisotopic (exact) mass is 509 g/mol. The number of carbonyl (C=O) groups is 1. The van der Waals surface area contributed by atoms with Crippen molar-refractivity contribution in [1.82, 2.24) is 10.2 Å². The number of alkyl halides is 3. The number of amides is 1. The first-order chi connectivity index (χ1) is 17.2. The number of anilines is 1. The molecule has 4 atom stereocenters. The van der Waals surface area contributed by atoms with Crippen LogP contribution in [-0.4, -0.2) is 91.8 Å². The molecule has 0 radical (unpaired) electrons. The van der Waals surface area contributed by atoms with Crippen LogP contribution in [0.2, 0.25) is 0 Å². The Morgan fingerprint density at radius 3 is 2.42 bits per heavy atom. The van der Waals surface area contributed by atoms with Crippen molar-refractivity contribution in [1.29, 1.82) is 0 Å². The van der Waals surface area contributed by atoms with Crippen molar-refractivity contribution in [3.8, 4) is 5.75 Å². The third-order valence-electron chi connectivity index (χ3n) is 6.73. The number of piperazine rings is 1. The van der Waals surface area contributed by atoms with Gasteiger partial charge in [0.15, 0.2) is 0 Å². The number of ether oxygens (including phenoxy) is 2. The van der Waals surface area contributed by atoms with Crippen LogP contribution in [0.3, 0.4) is 0 Å². The van der Waals surface area contributed by atoms with Gasteiger partial charge in [0, 0.05) is 44.0 Å². The third kappa shape index (κ3) is 5.75. The van der Waals surface area contributed by atoms with Gasteiger partial charge in [-0.2, -0.15) is 13.2 Å². The van der Waals surface area contributed by atoms with Gasteiger partial charge in [-0.3, -0.25) is 9.69 Å². The second-order valence-electron chi connectivity index (χ2n) is 8.89. The highest BCUT2D eigenvalue weighted by Gasteiger charge is 2.46. The minimum absolute atomic E-state index is 0.122. The Labute approximate surface area is 207 Å². The van der Waals surface area contributed by atoms with Gasteiger partial charge in [0.25, 0.3) is 5.91 Å². The smallest absolute Gasteiger partial charge is 0.416 e. The lowest BCUT2D eigenvalue weighted by molar-refractivity contribution is -0.137. The fraction of sp³-hybridized carbons (Fsp3) is 0.480. The van der Waals surface area contributed by atoms with E-state index < -0.39 is 36.1 Å². The summed E-state index contributed by atoms with van der Waals surface area (Å²) < 4.78 is 50.3. The molecular formula is C25H30F3N3O5. The molecule has 0 aliphatic carbocycles. The van der Waals surface area contributed by atoms with Crippen molar-refractivity contribution >= 4 is 11.6 Å². The van der Waals surface area contributed by atoms with E-state index in [2.05, 4.69) is 5.32 Å². The minimum Gasteiger partial charge on any atom is -0.497 e. The summed E-state index contributed by atoms with van der Waals surface area (Å²) in [6.45, 7) is 1.62. The molecule has 0 aromatic heterocycles. The molecule has 0 spiro atoms. The normalized spacial score (nSPS) is 25.1. The average Bonchev–Trinajstić information content (AvgIpc) is 3.22. The molecule has 1 amide bonds. The van der Waals surface area contributed by atoms with E-state index in [0.717, 1.165) is 12.1 Å². The van der Waals surface area contributed by atoms with Crippen LogP contribution in [0.4, 0.5) is 18.9 Å². The van der Waals surface area contributed by atoms with E-state index in [1.54, 1.807) is 30.3 Å². The molecule has 36 heavy (non-hydrogen) atoms. The molecule has 2 aromatic rings. The van der Waals surface area contributed by atoms with Crippen molar-refractivity contribution in [2.45, 2.75) is 30.5 Å². The number of aliphatic hydroxyl groups is 2. The molecule has 3 N–H and O–H groups in total. The Morgan fingerprint density at radius 2 is 1.81 bits per heavy atom. The standard InChI is InChI=1S/C25H30F3N3O5/c1-35-19-7-5-16(6-8-19)24(34)29-14-20-22(23(33)21(15-32)36-20)31-11-9-30(10-12-31)18-4-2-3-17(13-18)25(26,27)28/h2-8,13,20-23,32-33H,9-12,14-15H2,1H3,(H,29,34)/t20-,21+,22+,23-/m1/s1. The van der Waals surface area contributed by atoms with Gasteiger partial charge in [-0.1, -0.05) is 6.07 Å². The molecule has 11 heteroatoms. The van der Waals surface area contributed by atoms with Crippen LogP contribution in [0.15, 0.2) is 48.5 Å². The molecule has 196 valence electrons. The fourth-order valence-corrected chi connectivity index (χ4v) is 4.79. The molecule has 4 rings (SSSR count). The average molecular weight is 510 g/mol. The van der Waals surface area contributed by atoms with E-state index in [9.17, 15) is 28.2 Å². The summed E-state index contributed by atoms with van der Waals surface area (Å²) in [6, 6.07) is 11.4. The largest absolute Gasteiger partial charge is 0.497 e. The summed E-state index contributed by atoms with van der Waals surface area (Å²) in [4.78, 5) is 16.5. The second kappa shape index (κ2) is 11.0. The predicted molar refractivity (Wildman–Crippen MR) is 126 cm³/mol. The van der Waals surface area contributed by atoms with Crippen LogP contribution in [0.1, 0.15) is 15.9 Å². The molecule has 2 heterocycles. The van der Waals surface area contributed by atoms with Gasteiger partial charge in [-0.15, -0.1) is 0 Å². The number of hydrogen-bond acceptors (Lipinski definition) is 7. The quantitative estimate of drug-likeness (QED) is 0.524. The van der Waals surface area contributed by atoms with Gasteiger partial charge in [0.05, 0.1) is 31.4 Å². The zero-order valence-corrected chi connectivity index (χ0v) is 19.8. The van der Waals surface area contributed by atoms with Gasteiger partial charge in [0.1, 0.15) is 18.0 Å². The summed E-state index contributed by atoms with van der Waals surface area (Å²) in [7, 11) is 1.54. The molecule has 2 aliphatic heterocycles. The predicted octanol–water partition coefficient (Wildman–Crippen LogP) is 1.76. The van der Waals surface area contributed by atoms with Crippen LogP contribution >= 0.6 is 0 Å². The van der Waals surface area contributed by atoms with Crippen molar-refractivity contribution in [3.05, 3.63) is 59.7 Å². The summed E-state index contributed by atoms with van der Waals surface area (Å²) in [5, 5.41) is 23.3. The van der Waals surface area contributed by atoms with E-state index in [0.29, 0.717) is 43.2 Å². The van der Waals surface area contributed by atoms with Crippen LogP contribution in [0.5, 0.6) is 5.75 Å². The van der Waals surface area contributed by atoms with Crippen molar-refractivity contribution < 1.29 is 37.7 Å². The van der Waals surface area contributed by atoms with Crippen molar-refractivity contribution in [2.75, 3.05) is 51.3 Å². The number of aliphatic hydroxyl groups excluding tert-OH is 2.